The van der Waals surface area contributed by atoms with Gasteiger partial charge < -0.3 is 9.47 Å². The fraction of sp³-hybridized carbons (Fsp3) is 1.00. The molecule has 0 aromatic rings. The number of hydrogen-bond acceptors (Lipinski definition) is 4. The molecule has 5 aliphatic rings. The molecule has 32 heavy (non-hydrogen) atoms. The zero-order chi connectivity index (χ0) is 22.9. The van der Waals surface area contributed by atoms with E-state index in [1.807, 2.05) is 0 Å². The van der Waals surface area contributed by atoms with Crippen LogP contribution in [0.2, 0.25) is 0 Å². The van der Waals surface area contributed by atoms with Crippen LogP contribution in [0, 0.1) is 29.6 Å². The maximum absolute atomic E-state index is 15.0. The van der Waals surface area contributed by atoms with E-state index < -0.39 is 44.7 Å². The lowest BCUT2D eigenvalue weighted by atomic mass is 9.72. The second kappa shape index (κ2) is 7.80. The van der Waals surface area contributed by atoms with Crippen LogP contribution in [0.25, 0.3) is 0 Å². The molecule has 0 radical (unpaired) electrons. The molecule has 4 nitrogen and oxygen atoms in total. The third kappa shape index (κ3) is 3.30. The average Bonchev–Trinajstić information content (AvgIpc) is 3.45. The lowest BCUT2D eigenvalue weighted by Crippen LogP contribution is -2.55. The summed E-state index contributed by atoms with van der Waals surface area (Å²) in [6.07, 6.45) is 10.0. The molecule has 1 saturated heterocycles. The zero-order valence-corrected chi connectivity index (χ0v) is 19.4. The van der Waals surface area contributed by atoms with Gasteiger partial charge in [0.05, 0.1) is 12.2 Å². The van der Waals surface area contributed by atoms with Crippen LogP contribution in [0.4, 0.5) is 17.6 Å². The van der Waals surface area contributed by atoms with E-state index in [4.69, 9.17) is 9.47 Å². The van der Waals surface area contributed by atoms with Crippen molar-refractivity contribution in [3.05, 3.63) is 0 Å². The van der Waals surface area contributed by atoms with E-state index in [9.17, 15) is 26.0 Å². The Morgan fingerprint density at radius 3 is 1.78 bits per heavy atom. The molecular weight excluding hydrogens is 448 g/mol. The Morgan fingerprint density at radius 2 is 1.28 bits per heavy atom. The van der Waals surface area contributed by atoms with Gasteiger partial charge in [-0.2, -0.15) is 17.6 Å². The minimum atomic E-state index is -5.25. The normalized spacial score (nSPS) is 38.8. The minimum Gasteiger partial charge on any atom is -0.343 e. The van der Waals surface area contributed by atoms with Crippen molar-refractivity contribution in [1.29, 1.82) is 0 Å². The number of rotatable bonds is 5. The van der Waals surface area contributed by atoms with Crippen LogP contribution in [0.1, 0.15) is 77.0 Å². The van der Waals surface area contributed by atoms with Gasteiger partial charge in [0.15, 0.2) is 5.79 Å². The van der Waals surface area contributed by atoms with Gasteiger partial charge >= 0.3 is 11.2 Å². The Labute approximate surface area is 187 Å². The van der Waals surface area contributed by atoms with Crippen LogP contribution >= 0.6 is 0 Å². The fourth-order valence-electron chi connectivity index (χ4n) is 7.63. The van der Waals surface area contributed by atoms with Gasteiger partial charge in [-0.15, -0.1) is 0 Å². The van der Waals surface area contributed by atoms with Crippen molar-refractivity contribution in [3.63, 3.8) is 0 Å². The topological polar surface area (TPSA) is 52.6 Å². The molecule has 5 unspecified atom stereocenters. The van der Waals surface area contributed by atoms with Crippen LogP contribution in [0.15, 0.2) is 0 Å². The van der Waals surface area contributed by atoms with Crippen molar-refractivity contribution in [2.75, 3.05) is 6.26 Å². The van der Waals surface area contributed by atoms with Gasteiger partial charge in [0.2, 0.25) is 9.84 Å². The second-order valence-corrected chi connectivity index (χ2v) is 13.0. The van der Waals surface area contributed by atoms with E-state index in [0.717, 1.165) is 51.4 Å². The highest BCUT2D eigenvalue weighted by Crippen LogP contribution is 2.64. The van der Waals surface area contributed by atoms with Gasteiger partial charge in [-0.1, -0.05) is 38.5 Å². The number of halogens is 4. The van der Waals surface area contributed by atoms with Crippen molar-refractivity contribution < 1.29 is 35.5 Å². The van der Waals surface area contributed by atoms with Crippen molar-refractivity contribution in [3.8, 4) is 0 Å². The van der Waals surface area contributed by atoms with E-state index in [1.165, 1.54) is 12.8 Å². The lowest BCUT2D eigenvalue weighted by molar-refractivity contribution is -0.265. The van der Waals surface area contributed by atoms with Crippen LogP contribution in [-0.2, 0) is 19.3 Å². The number of hydrogen-bond donors (Lipinski definition) is 0. The highest BCUT2D eigenvalue weighted by molar-refractivity contribution is 7.91. The molecule has 5 rings (SSSR count). The minimum absolute atomic E-state index is 0.140. The first-order chi connectivity index (χ1) is 15.0. The Balaban J connectivity index is 1.43. The summed E-state index contributed by atoms with van der Waals surface area (Å²) in [4.78, 5) is 0. The monoisotopic (exact) mass is 482 g/mol. The summed E-state index contributed by atoms with van der Waals surface area (Å²) in [6.45, 7) is 0. The molecular formula is C23H34F4O4S. The van der Waals surface area contributed by atoms with Crippen LogP contribution in [0.3, 0.4) is 0 Å². The van der Waals surface area contributed by atoms with Gasteiger partial charge in [-0.3, -0.25) is 0 Å². The molecule has 9 heteroatoms. The maximum atomic E-state index is 15.0. The summed E-state index contributed by atoms with van der Waals surface area (Å²) in [5.41, 5.74) is 0. The fourth-order valence-corrected chi connectivity index (χ4v) is 8.28. The quantitative estimate of drug-likeness (QED) is 0.482. The molecule has 4 aliphatic carbocycles. The van der Waals surface area contributed by atoms with Gasteiger partial charge in [-0.05, 0) is 50.4 Å². The molecule has 5 atom stereocenters. The lowest BCUT2D eigenvalue weighted by Gasteiger charge is -2.46. The highest BCUT2D eigenvalue weighted by atomic mass is 32.2. The maximum Gasteiger partial charge on any atom is 0.407 e. The van der Waals surface area contributed by atoms with E-state index in [0.29, 0.717) is 6.42 Å². The molecule has 0 spiro atoms. The summed E-state index contributed by atoms with van der Waals surface area (Å²) in [5.74, 6) is -7.81. The Kier molecular flexibility index (Phi) is 5.69. The summed E-state index contributed by atoms with van der Waals surface area (Å²) in [6, 6.07) is 0. The molecule has 5 fully saturated rings. The van der Waals surface area contributed by atoms with E-state index in [2.05, 4.69) is 0 Å². The Bertz CT molecular complexity index is 802. The van der Waals surface area contributed by atoms with Gasteiger partial charge in [0.1, 0.15) is 0 Å². The number of sulfone groups is 1. The SMILES string of the molecule is CS(=O)(=O)C(F)(F)C(F)(F)C1CC2CC1C1OC(C3CCCCC3)(C3CCCCC3)OC21. The molecule has 1 heterocycles. The Hall–Kier alpha value is -0.410. The summed E-state index contributed by atoms with van der Waals surface area (Å²) < 4.78 is 95.1. The van der Waals surface area contributed by atoms with E-state index >= 15 is 0 Å². The summed E-state index contributed by atoms with van der Waals surface area (Å²) in [5, 5.41) is -5.09. The molecule has 0 aromatic carbocycles. The molecule has 4 saturated carbocycles. The summed E-state index contributed by atoms with van der Waals surface area (Å²) >= 11 is 0. The zero-order valence-electron chi connectivity index (χ0n) is 18.6. The predicted octanol–water partition coefficient (Wildman–Crippen LogP) is 5.56. The molecule has 0 N–H and O–H groups in total. The second-order valence-electron chi connectivity index (χ2n) is 11.0. The third-order valence-electron chi connectivity index (χ3n) is 9.17. The smallest absolute Gasteiger partial charge is 0.343 e. The van der Waals surface area contributed by atoms with Crippen LogP contribution < -0.4 is 0 Å². The standard InChI is InChI=1S/C23H34F4O4S/c1-32(28,29)23(26,27)22(24,25)18-13-14-12-17(18)20-19(14)30-21(31-20,15-8-4-2-5-9-15)16-10-6-3-7-11-16/h14-20H,2-13H2,1H3. The van der Waals surface area contributed by atoms with E-state index in [-0.39, 0.29) is 36.5 Å². The number of fused-ring (bicyclic) bond motifs is 5. The third-order valence-corrected chi connectivity index (χ3v) is 10.4. The first-order valence-corrected chi connectivity index (χ1v) is 14.2. The van der Waals surface area contributed by atoms with Crippen molar-refractivity contribution in [1.82, 2.24) is 0 Å². The summed E-state index contributed by atoms with van der Waals surface area (Å²) in [7, 11) is -5.25. The first-order valence-electron chi connectivity index (χ1n) is 12.3. The van der Waals surface area contributed by atoms with Crippen molar-refractivity contribution in [2.24, 2.45) is 29.6 Å². The molecule has 0 aromatic heterocycles. The van der Waals surface area contributed by atoms with E-state index in [1.54, 1.807) is 0 Å². The molecule has 2 bridgehead atoms. The number of alkyl halides is 4. The average molecular weight is 483 g/mol. The first kappa shape index (κ1) is 23.3. The Morgan fingerprint density at radius 1 is 0.781 bits per heavy atom. The van der Waals surface area contributed by atoms with Crippen LogP contribution in [0.5, 0.6) is 0 Å². The molecule has 1 aliphatic heterocycles. The van der Waals surface area contributed by atoms with Gasteiger partial charge in [0, 0.05) is 24.0 Å². The van der Waals surface area contributed by atoms with Crippen molar-refractivity contribution in [2.45, 2.75) is 106 Å². The van der Waals surface area contributed by atoms with Gasteiger partial charge in [-0.25, -0.2) is 8.42 Å². The molecule has 184 valence electrons. The number of ether oxygens (including phenoxy) is 2. The predicted molar refractivity (Wildman–Crippen MR) is 110 cm³/mol. The van der Waals surface area contributed by atoms with Crippen molar-refractivity contribution >= 4 is 9.84 Å². The van der Waals surface area contributed by atoms with Gasteiger partial charge in [0.25, 0.3) is 0 Å². The highest BCUT2D eigenvalue weighted by Gasteiger charge is 2.75. The van der Waals surface area contributed by atoms with Crippen LogP contribution in [-0.4, -0.2) is 43.8 Å². The molecule has 0 amide bonds. The largest absolute Gasteiger partial charge is 0.407 e.